The third kappa shape index (κ3) is 3.05. The van der Waals surface area contributed by atoms with Crippen molar-refractivity contribution < 1.29 is 14.7 Å². The van der Waals surface area contributed by atoms with Crippen LogP contribution in [0.3, 0.4) is 0 Å². The number of carboxylic acids is 1. The summed E-state index contributed by atoms with van der Waals surface area (Å²) in [6, 6.07) is 0. The lowest BCUT2D eigenvalue weighted by molar-refractivity contribution is -0.138. The van der Waals surface area contributed by atoms with Gasteiger partial charge in [-0.05, 0) is 5.21 Å². The number of tetrazole rings is 1. The van der Waals surface area contributed by atoms with E-state index in [0.29, 0.717) is 31.8 Å². The molecule has 3 rings (SSSR count). The molecule has 3 heterocycles. The molecule has 0 aliphatic carbocycles. The first-order valence-corrected chi connectivity index (χ1v) is 7.16. The summed E-state index contributed by atoms with van der Waals surface area (Å²) < 4.78 is 0. The molecule has 9 nitrogen and oxygen atoms in total. The second kappa shape index (κ2) is 5.56. The summed E-state index contributed by atoms with van der Waals surface area (Å²) in [5.74, 6) is -0.392. The van der Waals surface area contributed by atoms with Gasteiger partial charge in [0.05, 0.1) is 11.1 Å². The average molecular weight is 308 g/mol. The monoisotopic (exact) mass is 308 g/mol. The third-order valence-corrected chi connectivity index (χ3v) is 4.09. The number of carbonyl (C=O) groups is 2. The quantitative estimate of drug-likeness (QED) is 0.842. The standard InChI is InChI=1S/C11H12N6O3S/c18-7-1-3-16(4-2-7)11-12-5-8(21-11)10-13-15-17(14-10)6-9(19)20/h5H,1-4,6H2,(H,19,20). The van der Waals surface area contributed by atoms with Gasteiger partial charge in [0.15, 0.2) is 11.7 Å². The lowest BCUT2D eigenvalue weighted by atomic mass is 10.1. The molecule has 110 valence electrons. The summed E-state index contributed by atoms with van der Waals surface area (Å²) >= 11 is 1.40. The molecule has 0 unspecified atom stereocenters. The first-order valence-electron chi connectivity index (χ1n) is 6.34. The molecule has 2 aromatic rings. The number of carboxylic acid groups (broad SMARTS) is 1. The van der Waals surface area contributed by atoms with E-state index in [4.69, 9.17) is 5.11 Å². The van der Waals surface area contributed by atoms with E-state index in [9.17, 15) is 9.59 Å². The zero-order valence-electron chi connectivity index (χ0n) is 11.0. The Balaban J connectivity index is 1.74. The molecule has 0 spiro atoms. The fourth-order valence-corrected chi connectivity index (χ4v) is 2.88. The van der Waals surface area contributed by atoms with Gasteiger partial charge in [-0.15, -0.1) is 10.2 Å². The first-order chi connectivity index (χ1) is 10.1. The maximum atomic E-state index is 11.2. The van der Waals surface area contributed by atoms with Gasteiger partial charge in [-0.25, -0.2) is 4.98 Å². The number of carbonyl (C=O) groups excluding carboxylic acids is 1. The van der Waals surface area contributed by atoms with Crippen molar-refractivity contribution in [2.75, 3.05) is 18.0 Å². The smallest absolute Gasteiger partial charge is 0.327 e. The number of hydrogen-bond acceptors (Lipinski definition) is 8. The van der Waals surface area contributed by atoms with Crippen molar-refractivity contribution in [3.63, 3.8) is 0 Å². The van der Waals surface area contributed by atoms with Crippen LogP contribution in [0.2, 0.25) is 0 Å². The fraction of sp³-hybridized carbons (Fsp3) is 0.455. The number of ketones is 1. The van der Waals surface area contributed by atoms with Crippen molar-refractivity contribution in [3.8, 4) is 10.7 Å². The molecular weight excluding hydrogens is 296 g/mol. The van der Waals surface area contributed by atoms with Crippen molar-refractivity contribution in [3.05, 3.63) is 6.20 Å². The molecule has 0 radical (unpaired) electrons. The average Bonchev–Trinajstić information content (AvgIpc) is 3.07. The Morgan fingerprint density at radius 1 is 1.38 bits per heavy atom. The van der Waals surface area contributed by atoms with Crippen LogP contribution in [0.15, 0.2) is 6.20 Å². The second-order valence-electron chi connectivity index (χ2n) is 4.57. The number of aliphatic carboxylic acids is 1. The number of hydrogen-bond donors (Lipinski definition) is 1. The van der Waals surface area contributed by atoms with Gasteiger partial charge in [-0.1, -0.05) is 11.3 Å². The van der Waals surface area contributed by atoms with Gasteiger partial charge < -0.3 is 10.0 Å². The van der Waals surface area contributed by atoms with Crippen LogP contribution in [-0.4, -0.2) is 55.1 Å². The van der Waals surface area contributed by atoms with Crippen LogP contribution in [0.5, 0.6) is 0 Å². The molecule has 2 aromatic heterocycles. The minimum Gasteiger partial charge on any atom is -0.480 e. The SMILES string of the molecule is O=C(O)Cn1nnc(-c2cnc(N3CCC(=O)CC3)s2)n1. The second-order valence-corrected chi connectivity index (χ2v) is 5.58. The van der Waals surface area contributed by atoms with E-state index in [1.165, 1.54) is 11.3 Å². The van der Waals surface area contributed by atoms with Gasteiger partial charge in [0.25, 0.3) is 0 Å². The Hall–Kier alpha value is -2.36. The van der Waals surface area contributed by atoms with E-state index in [1.807, 2.05) is 0 Å². The van der Waals surface area contributed by atoms with Crippen LogP contribution >= 0.6 is 11.3 Å². The van der Waals surface area contributed by atoms with E-state index in [2.05, 4.69) is 25.3 Å². The predicted octanol–water partition coefficient (Wildman–Crippen LogP) is 0.0505. The highest BCUT2D eigenvalue weighted by atomic mass is 32.1. The fourth-order valence-electron chi connectivity index (χ4n) is 1.99. The number of nitrogens with zero attached hydrogens (tertiary/aromatic N) is 6. The minimum atomic E-state index is -1.03. The number of piperidine rings is 1. The lowest BCUT2D eigenvalue weighted by Gasteiger charge is -2.25. The number of aromatic nitrogens is 5. The molecule has 1 aliphatic heterocycles. The van der Waals surface area contributed by atoms with Crippen molar-refractivity contribution in [1.82, 2.24) is 25.2 Å². The highest BCUT2D eigenvalue weighted by Gasteiger charge is 2.20. The molecule has 0 amide bonds. The molecule has 1 N–H and O–H groups in total. The third-order valence-electron chi connectivity index (χ3n) is 3.04. The Bertz CT molecular complexity index is 671. The molecule has 10 heteroatoms. The lowest BCUT2D eigenvalue weighted by Crippen LogP contribution is -2.33. The zero-order chi connectivity index (χ0) is 14.8. The van der Waals surface area contributed by atoms with E-state index in [1.54, 1.807) is 6.20 Å². The highest BCUT2D eigenvalue weighted by molar-refractivity contribution is 7.18. The van der Waals surface area contributed by atoms with E-state index in [-0.39, 0.29) is 12.3 Å². The first kappa shape index (κ1) is 13.6. The maximum Gasteiger partial charge on any atom is 0.327 e. The van der Waals surface area contributed by atoms with Gasteiger partial charge in [-0.3, -0.25) is 9.59 Å². The topological polar surface area (TPSA) is 114 Å². The molecule has 1 saturated heterocycles. The Morgan fingerprint density at radius 2 is 2.14 bits per heavy atom. The summed E-state index contributed by atoms with van der Waals surface area (Å²) in [6.45, 7) is 1.02. The predicted molar refractivity (Wildman–Crippen MR) is 73.0 cm³/mol. The number of Topliss-reactive ketones (excluding diaryl/α,β-unsaturated/α-hetero) is 1. The number of thiazole rings is 1. The van der Waals surface area contributed by atoms with Gasteiger partial charge in [-0.2, -0.15) is 4.80 Å². The molecule has 0 atom stereocenters. The van der Waals surface area contributed by atoms with Gasteiger partial charge in [0, 0.05) is 25.9 Å². The molecule has 21 heavy (non-hydrogen) atoms. The molecule has 1 aliphatic rings. The van der Waals surface area contributed by atoms with E-state index >= 15 is 0 Å². The summed E-state index contributed by atoms with van der Waals surface area (Å²) in [7, 11) is 0. The van der Waals surface area contributed by atoms with Crippen molar-refractivity contribution in [2.45, 2.75) is 19.4 Å². The van der Waals surface area contributed by atoms with Crippen LogP contribution in [0.1, 0.15) is 12.8 Å². The van der Waals surface area contributed by atoms with Gasteiger partial charge >= 0.3 is 5.97 Å². The maximum absolute atomic E-state index is 11.2. The Morgan fingerprint density at radius 3 is 2.86 bits per heavy atom. The Kier molecular flexibility index (Phi) is 3.60. The van der Waals surface area contributed by atoms with Gasteiger partial charge in [0.2, 0.25) is 5.82 Å². The van der Waals surface area contributed by atoms with Gasteiger partial charge in [0.1, 0.15) is 5.78 Å². The zero-order valence-corrected chi connectivity index (χ0v) is 11.8. The summed E-state index contributed by atoms with van der Waals surface area (Å²) in [5.41, 5.74) is 0. The van der Waals surface area contributed by atoms with Crippen molar-refractivity contribution in [1.29, 1.82) is 0 Å². The van der Waals surface area contributed by atoms with Crippen LogP contribution in [0.25, 0.3) is 10.7 Å². The summed E-state index contributed by atoms with van der Waals surface area (Å²) in [5, 5.41) is 21.0. The van der Waals surface area contributed by atoms with Crippen LogP contribution in [0, 0.1) is 0 Å². The normalized spacial score (nSPS) is 15.4. The Labute approximate surface area is 123 Å². The summed E-state index contributed by atoms with van der Waals surface area (Å²) in [6.07, 6.45) is 2.72. The molecule has 0 saturated carbocycles. The van der Waals surface area contributed by atoms with Crippen LogP contribution < -0.4 is 4.90 Å². The largest absolute Gasteiger partial charge is 0.480 e. The minimum absolute atomic E-state index is 0.279. The summed E-state index contributed by atoms with van der Waals surface area (Å²) in [4.78, 5) is 29.9. The molecule has 0 aromatic carbocycles. The van der Waals surface area contributed by atoms with Crippen LogP contribution in [-0.2, 0) is 16.1 Å². The molecule has 0 bridgehead atoms. The number of anilines is 1. The van der Waals surface area contributed by atoms with Crippen LogP contribution in [0.4, 0.5) is 5.13 Å². The van der Waals surface area contributed by atoms with Crippen molar-refractivity contribution in [2.24, 2.45) is 0 Å². The van der Waals surface area contributed by atoms with E-state index in [0.717, 1.165) is 14.8 Å². The number of rotatable bonds is 4. The van der Waals surface area contributed by atoms with Crippen molar-refractivity contribution >= 4 is 28.2 Å². The van der Waals surface area contributed by atoms with E-state index < -0.39 is 5.97 Å². The highest BCUT2D eigenvalue weighted by Crippen LogP contribution is 2.29. The molecule has 1 fully saturated rings. The molecular formula is C11H12N6O3S.